The van der Waals surface area contributed by atoms with Gasteiger partial charge in [-0.2, -0.15) is 9.50 Å². The summed E-state index contributed by atoms with van der Waals surface area (Å²) in [6.45, 7) is 0. The molecule has 0 radical (unpaired) electrons. The van der Waals surface area contributed by atoms with E-state index in [0.29, 0.717) is 31.9 Å². The minimum absolute atomic E-state index is 0.199. The quantitative estimate of drug-likeness (QED) is 0.443. The molecule has 0 amide bonds. The van der Waals surface area contributed by atoms with Gasteiger partial charge in [0.1, 0.15) is 16.1 Å². The molecular formula is C19H10ClN3O2S2. The van der Waals surface area contributed by atoms with Gasteiger partial charge in [0, 0.05) is 16.7 Å². The van der Waals surface area contributed by atoms with Gasteiger partial charge < -0.3 is 4.42 Å². The lowest BCUT2D eigenvalue weighted by molar-refractivity contribution is 0.571. The highest BCUT2D eigenvalue weighted by Gasteiger charge is 2.13. The van der Waals surface area contributed by atoms with Crippen molar-refractivity contribution in [2.45, 2.75) is 0 Å². The Morgan fingerprint density at radius 1 is 1.11 bits per heavy atom. The van der Waals surface area contributed by atoms with Crippen LogP contribution in [0.4, 0.5) is 0 Å². The molecule has 0 unspecified atom stereocenters. The van der Waals surface area contributed by atoms with Crippen molar-refractivity contribution >= 4 is 45.3 Å². The molecule has 4 aromatic heterocycles. The van der Waals surface area contributed by atoms with Gasteiger partial charge in [-0.05, 0) is 47.8 Å². The first-order valence-corrected chi connectivity index (χ1v) is 10.1. The maximum Gasteiger partial charge on any atom is 0.291 e. The van der Waals surface area contributed by atoms with Crippen LogP contribution in [0.25, 0.3) is 33.1 Å². The fraction of sp³-hybridized carbons (Fsp3) is 0. The second-order valence-corrected chi connectivity index (χ2v) is 8.13. The summed E-state index contributed by atoms with van der Waals surface area (Å²) in [7, 11) is 0. The molecule has 0 aliphatic heterocycles. The number of halogens is 1. The van der Waals surface area contributed by atoms with Crippen LogP contribution in [0.1, 0.15) is 5.76 Å². The summed E-state index contributed by atoms with van der Waals surface area (Å²) < 4.78 is 7.71. The van der Waals surface area contributed by atoms with Gasteiger partial charge in [0.25, 0.3) is 5.56 Å². The highest BCUT2D eigenvalue weighted by molar-refractivity contribution is 7.15. The molecule has 0 aliphatic rings. The number of hydrogen-bond acceptors (Lipinski definition) is 6. The number of nitrogens with zero attached hydrogens (tertiary/aromatic N) is 3. The lowest BCUT2D eigenvalue weighted by atomic mass is 10.2. The van der Waals surface area contributed by atoms with E-state index in [9.17, 15) is 4.79 Å². The molecule has 0 bridgehead atoms. The number of hydrogen-bond donors (Lipinski definition) is 0. The van der Waals surface area contributed by atoms with Crippen LogP contribution in [0.2, 0.25) is 5.02 Å². The van der Waals surface area contributed by atoms with E-state index in [1.165, 1.54) is 15.9 Å². The maximum absolute atomic E-state index is 12.6. The second-order valence-electron chi connectivity index (χ2n) is 5.73. The standard InChI is InChI=1S/C19H10ClN3O2S2/c20-12-5-3-11(4-6-12)14-8-7-13(25-14)10-16-18(24)23-19(27-16)21-17(22-23)15-2-1-9-26-15/h1-10H. The predicted octanol–water partition coefficient (Wildman–Crippen LogP) is 4.34. The summed E-state index contributed by atoms with van der Waals surface area (Å²) in [5.74, 6) is 1.88. The molecule has 5 rings (SSSR count). The van der Waals surface area contributed by atoms with Crippen LogP contribution in [-0.4, -0.2) is 14.6 Å². The molecule has 8 heteroatoms. The van der Waals surface area contributed by atoms with E-state index < -0.39 is 0 Å². The van der Waals surface area contributed by atoms with E-state index in [2.05, 4.69) is 10.1 Å². The van der Waals surface area contributed by atoms with Crippen molar-refractivity contribution in [3.63, 3.8) is 0 Å². The summed E-state index contributed by atoms with van der Waals surface area (Å²) in [5, 5.41) is 6.95. The lowest BCUT2D eigenvalue weighted by Gasteiger charge is -1.96. The van der Waals surface area contributed by atoms with Gasteiger partial charge in [0.15, 0.2) is 5.82 Å². The lowest BCUT2D eigenvalue weighted by Crippen LogP contribution is -2.23. The Morgan fingerprint density at radius 3 is 2.70 bits per heavy atom. The Morgan fingerprint density at radius 2 is 1.96 bits per heavy atom. The molecule has 0 saturated carbocycles. The third-order valence-corrected chi connectivity index (χ3v) is 6.03. The number of rotatable bonds is 3. The van der Waals surface area contributed by atoms with E-state index in [1.54, 1.807) is 17.4 Å². The highest BCUT2D eigenvalue weighted by Crippen LogP contribution is 2.24. The fourth-order valence-corrected chi connectivity index (χ4v) is 4.34. The zero-order chi connectivity index (χ0) is 18.4. The largest absolute Gasteiger partial charge is 0.457 e. The SMILES string of the molecule is O=c1c(=Cc2ccc(-c3ccc(Cl)cc3)o2)sc2nc(-c3cccs3)nn12. The second kappa shape index (κ2) is 6.45. The van der Waals surface area contributed by atoms with Gasteiger partial charge in [-0.15, -0.1) is 16.4 Å². The third-order valence-electron chi connectivity index (χ3n) is 3.95. The molecule has 4 heterocycles. The van der Waals surface area contributed by atoms with Crippen LogP contribution in [0, 0.1) is 0 Å². The van der Waals surface area contributed by atoms with Crippen molar-refractivity contribution in [3.05, 3.63) is 79.6 Å². The smallest absolute Gasteiger partial charge is 0.291 e. The van der Waals surface area contributed by atoms with Gasteiger partial charge in [0.05, 0.1) is 4.88 Å². The molecule has 0 fully saturated rings. The molecule has 0 aliphatic carbocycles. The first-order valence-electron chi connectivity index (χ1n) is 7.98. The van der Waals surface area contributed by atoms with Crippen molar-refractivity contribution < 1.29 is 4.42 Å². The first kappa shape index (κ1) is 16.4. The zero-order valence-corrected chi connectivity index (χ0v) is 16.0. The molecule has 5 nitrogen and oxygen atoms in total. The van der Waals surface area contributed by atoms with Gasteiger partial charge in [0.2, 0.25) is 4.96 Å². The Bertz CT molecular complexity index is 1350. The minimum atomic E-state index is -0.199. The minimum Gasteiger partial charge on any atom is -0.457 e. The number of benzene rings is 1. The topological polar surface area (TPSA) is 60.4 Å². The Balaban J connectivity index is 1.53. The molecule has 0 saturated heterocycles. The van der Waals surface area contributed by atoms with Crippen LogP contribution in [0.5, 0.6) is 0 Å². The number of fused-ring (bicyclic) bond motifs is 1. The molecule has 27 heavy (non-hydrogen) atoms. The van der Waals surface area contributed by atoms with Crippen molar-refractivity contribution in [1.29, 1.82) is 0 Å². The zero-order valence-electron chi connectivity index (χ0n) is 13.6. The summed E-state index contributed by atoms with van der Waals surface area (Å²) >= 11 is 8.75. The van der Waals surface area contributed by atoms with Gasteiger partial charge in [-0.1, -0.05) is 29.0 Å². The van der Waals surface area contributed by atoms with Crippen LogP contribution in [0.3, 0.4) is 0 Å². The summed E-state index contributed by atoms with van der Waals surface area (Å²) in [4.78, 5) is 18.6. The van der Waals surface area contributed by atoms with Crippen LogP contribution in [0.15, 0.2) is 63.1 Å². The summed E-state index contributed by atoms with van der Waals surface area (Å²) in [6, 6.07) is 15.0. The number of thiophene rings is 1. The van der Waals surface area contributed by atoms with Crippen LogP contribution < -0.4 is 10.1 Å². The number of thiazole rings is 1. The molecule has 0 spiro atoms. The average molecular weight is 412 g/mol. The Hall–Kier alpha value is -2.74. The Labute approximate surface area is 165 Å². The van der Waals surface area contributed by atoms with E-state index in [1.807, 2.05) is 53.9 Å². The molecule has 0 N–H and O–H groups in total. The number of aromatic nitrogens is 3. The molecular weight excluding hydrogens is 402 g/mol. The van der Waals surface area contributed by atoms with Crippen LogP contribution >= 0.6 is 34.3 Å². The van der Waals surface area contributed by atoms with E-state index in [0.717, 1.165) is 10.4 Å². The molecule has 5 aromatic rings. The van der Waals surface area contributed by atoms with Crippen molar-refractivity contribution in [2.75, 3.05) is 0 Å². The maximum atomic E-state index is 12.6. The van der Waals surface area contributed by atoms with E-state index in [4.69, 9.17) is 16.0 Å². The monoisotopic (exact) mass is 411 g/mol. The molecule has 0 atom stereocenters. The van der Waals surface area contributed by atoms with Gasteiger partial charge >= 0.3 is 0 Å². The molecule has 1 aromatic carbocycles. The molecule has 132 valence electrons. The van der Waals surface area contributed by atoms with E-state index >= 15 is 0 Å². The average Bonchev–Trinajstić information content (AvgIpc) is 3.43. The van der Waals surface area contributed by atoms with Crippen molar-refractivity contribution in [3.8, 4) is 22.0 Å². The summed E-state index contributed by atoms with van der Waals surface area (Å²) in [5.41, 5.74) is 0.722. The predicted molar refractivity (Wildman–Crippen MR) is 108 cm³/mol. The van der Waals surface area contributed by atoms with E-state index in [-0.39, 0.29) is 5.56 Å². The fourth-order valence-electron chi connectivity index (χ4n) is 2.67. The van der Waals surface area contributed by atoms with Gasteiger partial charge in [-0.25, -0.2) is 0 Å². The normalized spacial score (nSPS) is 12.3. The Kier molecular flexibility index (Phi) is 3.93. The van der Waals surface area contributed by atoms with Gasteiger partial charge in [-0.3, -0.25) is 4.79 Å². The van der Waals surface area contributed by atoms with Crippen LogP contribution in [-0.2, 0) is 0 Å². The first-order chi connectivity index (χ1) is 13.2. The highest BCUT2D eigenvalue weighted by atomic mass is 35.5. The summed E-state index contributed by atoms with van der Waals surface area (Å²) in [6.07, 6.45) is 1.72. The van der Waals surface area contributed by atoms with Crippen molar-refractivity contribution in [2.24, 2.45) is 0 Å². The van der Waals surface area contributed by atoms with Crippen molar-refractivity contribution in [1.82, 2.24) is 14.6 Å². The third kappa shape index (κ3) is 2.99. The number of furan rings is 1.